The molecule has 2 rings (SSSR count). The summed E-state index contributed by atoms with van der Waals surface area (Å²) in [5.74, 6) is 0. The van der Waals surface area contributed by atoms with E-state index in [2.05, 4.69) is 31.0 Å². The zero-order chi connectivity index (χ0) is 15.1. The second kappa shape index (κ2) is 8.71. The van der Waals surface area contributed by atoms with Crippen LogP contribution in [0.2, 0.25) is 0 Å². The molecule has 0 spiro atoms. The summed E-state index contributed by atoms with van der Waals surface area (Å²) in [5.41, 5.74) is 1.26. The van der Waals surface area contributed by atoms with Gasteiger partial charge in [-0.3, -0.25) is 0 Å². The second-order valence-electron chi connectivity index (χ2n) is 5.58. The van der Waals surface area contributed by atoms with E-state index in [1.54, 1.807) is 0 Å². The summed E-state index contributed by atoms with van der Waals surface area (Å²) in [6.45, 7) is 11.4. The van der Waals surface area contributed by atoms with Crippen molar-refractivity contribution >= 4 is 16.5 Å². The number of anilines is 1. The normalized spacial score (nSPS) is 19.2. The number of aromatic nitrogens is 1. The maximum absolute atomic E-state index is 5.93. The van der Waals surface area contributed by atoms with E-state index in [-0.39, 0.29) is 0 Å². The van der Waals surface area contributed by atoms with Gasteiger partial charge in [0.2, 0.25) is 0 Å². The molecule has 1 unspecified atom stereocenters. The third-order valence-corrected chi connectivity index (χ3v) is 5.00. The Bertz CT molecular complexity index is 422. The number of hydrogen-bond donors (Lipinski definition) is 1. The van der Waals surface area contributed by atoms with Gasteiger partial charge in [-0.25, -0.2) is 4.98 Å². The molecule has 21 heavy (non-hydrogen) atoms. The Morgan fingerprint density at radius 1 is 1.38 bits per heavy atom. The quantitative estimate of drug-likeness (QED) is 0.800. The molecule has 4 nitrogen and oxygen atoms in total. The van der Waals surface area contributed by atoms with Crippen molar-refractivity contribution in [3.05, 3.63) is 10.6 Å². The summed E-state index contributed by atoms with van der Waals surface area (Å²) >= 11 is 1.85. The Labute approximate surface area is 132 Å². The standard InChI is InChI=1S/C16H29N3OS/c1-4-10-20-13-8-7-9-19(12-13)16-18-14(5-2)15(21-16)11-17-6-3/h13,17H,4-12H2,1-3H3. The summed E-state index contributed by atoms with van der Waals surface area (Å²) in [5, 5.41) is 4.60. The highest BCUT2D eigenvalue weighted by molar-refractivity contribution is 7.15. The van der Waals surface area contributed by atoms with Crippen LogP contribution in [0.3, 0.4) is 0 Å². The average Bonchev–Trinajstić information content (AvgIpc) is 2.94. The minimum atomic E-state index is 0.380. The molecule has 1 aromatic heterocycles. The van der Waals surface area contributed by atoms with Crippen molar-refractivity contribution in [1.82, 2.24) is 10.3 Å². The Kier molecular flexibility index (Phi) is 6.93. The molecule has 0 bridgehead atoms. The smallest absolute Gasteiger partial charge is 0.185 e. The predicted octanol–water partition coefficient (Wildman–Crippen LogP) is 3.21. The highest BCUT2D eigenvalue weighted by Gasteiger charge is 2.23. The van der Waals surface area contributed by atoms with Gasteiger partial charge in [-0.15, -0.1) is 11.3 Å². The number of aryl methyl sites for hydroxylation is 1. The number of nitrogens with zero attached hydrogens (tertiary/aromatic N) is 2. The molecule has 5 heteroatoms. The van der Waals surface area contributed by atoms with Crippen molar-refractivity contribution in [1.29, 1.82) is 0 Å². The Morgan fingerprint density at radius 2 is 2.24 bits per heavy atom. The highest BCUT2D eigenvalue weighted by Crippen LogP contribution is 2.29. The van der Waals surface area contributed by atoms with Crippen LogP contribution in [-0.4, -0.2) is 37.3 Å². The molecule has 1 N–H and O–H groups in total. The van der Waals surface area contributed by atoms with Crippen molar-refractivity contribution in [3.63, 3.8) is 0 Å². The molecule has 1 fully saturated rings. The molecule has 1 atom stereocenters. The number of nitrogens with one attached hydrogen (secondary N) is 1. The fraction of sp³-hybridized carbons (Fsp3) is 0.812. The van der Waals surface area contributed by atoms with Crippen LogP contribution in [0.25, 0.3) is 0 Å². The molecule has 120 valence electrons. The molecule has 1 saturated heterocycles. The summed E-state index contributed by atoms with van der Waals surface area (Å²) in [6.07, 6.45) is 4.89. The van der Waals surface area contributed by atoms with Crippen LogP contribution in [0.4, 0.5) is 5.13 Å². The van der Waals surface area contributed by atoms with Crippen LogP contribution in [0.1, 0.15) is 50.6 Å². The first-order valence-electron chi connectivity index (χ1n) is 8.34. The van der Waals surface area contributed by atoms with Crippen LogP contribution in [0.15, 0.2) is 0 Å². The first-order chi connectivity index (χ1) is 10.3. The van der Waals surface area contributed by atoms with Gasteiger partial charge in [0.05, 0.1) is 11.8 Å². The summed E-state index contributed by atoms with van der Waals surface area (Å²) in [7, 11) is 0. The fourth-order valence-corrected chi connectivity index (χ4v) is 3.84. The molecular weight excluding hydrogens is 282 g/mol. The molecular formula is C16H29N3OS. The summed E-state index contributed by atoms with van der Waals surface area (Å²) in [6, 6.07) is 0. The molecule has 2 heterocycles. The Morgan fingerprint density at radius 3 is 2.95 bits per heavy atom. The number of rotatable bonds is 8. The highest BCUT2D eigenvalue weighted by atomic mass is 32.1. The van der Waals surface area contributed by atoms with Gasteiger partial charge in [-0.1, -0.05) is 20.8 Å². The molecule has 0 amide bonds. The first-order valence-corrected chi connectivity index (χ1v) is 9.15. The van der Waals surface area contributed by atoms with E-state index in [0.717, 1.165) is 45.6 Å². The van der Waals surface area contributed by atoms with Crippen molar-refractivity contribution in [3.8, 4) is 0 Å². The van der Waals surface area contributed by atoms with Crippen molar-refractivity contribution in [2.45, 2.75) is 59.1 Å². The number of hydrogen-bond acceptors (Lipinski definition) is 5. The van der Waals surface area contributed by atoms with E-state index in [1.165, 1.54) is 28.5 Å². The zero-order valence-corrected chi connectivity index (χ0v) is 14.5. The monoisotopic (exact) mass is 311 g/mol. The largest absolute Gasteiger partial charge is 0.376 e. The lowest BCUT2D eigenvalue weighted by Crippen LogP contribution is -2.39. The third kappa shape index (κ3) is 4.66. The van der Waals surface area contributed by atoms with Gasteiger partial charge in [0, 0.05) is 31.1 Å². The van der Waals surface area contributed by atoms with Gasteiger partial charge < -0.3 is 15.0 Å². The molecule has 0 aliphatic carbocycles. The maximum Gasteiger partial charge on any atom is 0.185 e. The van der Waals surface area contributed by atoms with Crippen molar-refractivity contribution in [2.75, 3.05) is 31.1 Å². The minimum absolute atomic E-state index is 0.380. The average molecular weight is 311 g/mol. The molecule has 1 aliphatic rings. The fourth-order valence-electron chi connectivity index (χ4n) is 2.69. The van der Waals surface area contributed by atoms with Crippen LogP contribution in [0.5, 0.6) is 0 Å². The molecule has 0 saturated carbocycles. The van der Waals surface area contributed by atoms with Gasteiger partial charge in [0.25, 0.3) is 0 Å². The van der Waals surface area contributed by atoms with E-state index >= 15 is 0 Å². The number of ether oxygens (including phenoxy) is 1. The van der Waals surface area contributed by atoms with E-state index in [4.69, 9.17) is 9.72 Å². The number of thiazole rings is 1. The lowest BCUT2D eigenvalue weighted by Gasteiger charge is -2.32. The van der Waals surface area contributed by atoms with Crippen LogP contribution in [-0.2, 0) is 17.7 Å². The maximum atomic E-state index is 5.93. The van der Waals surface area contributed by atoms with Crippen molar-refractivity contribution in [2.24, 2.45) is 0 Å². The first kappa shape index (κ1) is 16.7. The van der Waals surface area contributed by atoms with Gasteiger partial charge in [-0.05, 0) is 32.2 Å². The van der Waals surface area contributed by atoms with Crippen LogP contribution < -0.4 is 10.2 Å². The molecule has 1 aliphatic heterocycles. The minimum Gasteiger partial charge on any atom is -0.376 e. The number of piperidine rings is 1. The van der Waals surface area contributed by atoms with Gasteiger partial charge in [-0.2, -0.15) is 0 Å². The zero-order valence-electron chi connectivity index (χ0n) is 13.7. The molecule has 0 aromatic carbocycles. The van der Waals surface area contributed by atoms with Crippen molar-refractivity contribution < 1.29 is 4.74 Å². The van der Waals surface area contributed by atoms with Crippen LogP contribution in [0, 0.1) is 0 Å². The molecule has 0 radical (unpaired) electrons. The Balaban J connectivity index is 2.01. The third-order valence-electron chi connectivity index (χ3n) is 3.84. The second-order valence-corrected chi connectivity index (χ2v) is 6.64. The van der Waals surface area contributed by atoms with Gasteiger partial charge >= 0.3 is 0 Å². The van der Waals surface area contributed by atoms with Gasteiger partial charge in [0.1, 0.15) is 0 Å². The SMILES string of the molecule is CCCOC1CCCN(c2nc(CC)c(CNCC)s2)C1. The lowest BCUT2D eigenvalue weighted by atomic mass is 10.1. The van der Waals surface area contributed by atoms with Crippen LogP contribution >= 0.6 is 11.3 Å². The topological polar surface area (TPSA) is 37.4 Å². The Hall–Kier alpha value is -0.650. The van der Waals surface area contributed by atoms with E-state index in [0.29, 0.717) is 6.10 Å². The summed E-state index contributed by atoms with van der Waals surface area (Å²) in [4.78, 5) is 8.68. The predicted molar refractivity (Wildman–Crippen MR) is 90.4 cm³/mol. The van der Waals surface area contributed by atoms with Gasteiger partial charge in [0.15, 0.2) is 5.13 Å². The summed E-state index contributed by atoms with van der Waals surface area (Å²) < 4.78 is 5.93. The van der Waals surface area contributed by atoms with E-state index in [1.807, 2.05) is 11.3 Å². The lowest BCUT2D eigenvalue weighted by molar-refractivity contribution is 0.0440. The van der Waals surface area contributed by atoms with E-state index in [9.17, 15) is 0 Å². The molecule has 1 aromatic rings. The van der Waals surface area contributed by atoms with E-state index < -0.39 is 0 Å².